The smallest absolute Gasteiger partial charge is 0.311 e. The number of likely N-dealkylation sites (tertiary alicyclic amines) is 1. The van der Waals surface area contributed by atoms with Crippen LogP contribution in [-0.2, 0) is 4.79 Å². The van der Waals surface area contributed by atoms with Gasteiger partial charge in [0.1, 0.15) is 5.69 Å². The normalized spacial score (nSPS) is 22.0. The summed E-state index contributed by atoms with van der Waals surface area (Å²) in [5, 5.41) is 9.53. The van der Waals surface area contributed by atoms with Crippen LogP contribution in [0.4, 0.5) is 0 Å². The van der Waals surface area contributed by atoms with Crippen LogP contribution in [0.5, 0.6) is 0 Å². The number of piperidine rings is 1. The third-order valence-electron chi connectivity index (χ3n) is 3.94. The lowest BCUT2D eigenvalue weighted by Gasteiger charge is -2.39. The standard InChI is InChI=1S/C14H19N3O4/c1-2-4-14(13(20)21)5-3-6-17(9-14)12(19)10-7-16-11(18)8-15-10/h7-8H,2-6,9H2,1H3,(H,16,18)(H,20,21)/t14-/m1/s1. The van der Waals surface area contributed by atoms with Crippen molar-refractivity contribution >= 4 is 11.9 Å². The van der Waals surface area contributed by atoms with Gasteiger partial charge in [0.05, 0.1) is 11.6 Å². The molecule has 1 amide bonds. The third-order valence-corrected chi connectivity index (χ3v) is 3.94. The van der Waals surface area contributed by atoms with Crippen LogP contribution in [0.15, 0.2) is 17.2 Å². The van der Waals surface area contributed by atoms with Crippen LogP contribution in [0.25, 0.3) is 0 Å². The lowest BCUT2D eigenvalue weighted by atomic mass is 9.76. The van der Waals surface area contributed by atoms with Gasteiger partial charge in [0.25, 0.3) is 11.5 Å². The Morgan fingerprint density at radius 3 is 2.86 bits per heavy atom. The molecule has 2 heterocycles. The first-order valence-corrected chi connectivity index (χ1v) is 7.06. The Morgan fingerprint density at radius 1 is 1.52 bits per heavy atom. The van der Waals surface area contributed by atoms with E-state index in [1.54, 1.807) is 0 Å². The number of carbonyl (C=O) groups excluding carboxylic acids is 1. The number of carboxylic acids is 1. The van der Waals surface area contributed by atoms with Crippen molar-refractivity contribution in [2.24, 2.45) is 5.41 Å². The van der Waals surface area contributed by atoms with E-state index < -0.39 is 11.4 Å². The number of H-pyrrole nitrogens is 1. The summed E-state index contributed by atoms with van der Waals surface area (Å²) in [5.41, 5.74) is -1.12. The van der Waals surface area contributed by atoms with Crippen LogP contribution in [0.2, 0.25) is 0 Å². The monoisotopic (exact) mass is 293 g/mol. The Morgan fingerprint density at radius 2 is 2.29 bits per heavy atom. The maximum Gasteiger partial charge on any atom is 0.311 e. The Bertz CT molecular complexity index is 574. The molecule has 0 aromatic carbocycles. The zero-order valence-electron chi connectivity index (χ0n) is 12.0. The highest BCUT2D eigenvalue weighted by Crippen LogP contribution is 2.35. The molecule has 0 aliphatic carbocycles. The van der Waals surface area contributed by atoms with Crippen LogP contribution < -0.4 is 5.56 Å². The van der Waals surface area contributed by atoms with E-state index in [9.17, 15) is 19.5 Å². The molecule has 1 saturated heterocycles. The Kier molecular flexibility index (Phi) is 4.40. The fourth-order valence-electron chi connectivity index (χ4n) is 2.89. The molecule has 1 aliphatic rings. The number of amides is 1. The van der Waals surface area contributed by atoms with Crippen LogP contribution in [0.1, 0.15) is 43.1 Å². The minimum absolute atomic E-state index is 0.132. The first-order chi connectivity index (χ1) is 9.98. The SMILES string of the molecule is CCC[C@@]1(C(=O)O)CCCN(C(=O)c2c[nH]c(=O)cn2)C1. The second-order valence-electron chi connectivity index (χ2n) is 5.46. The summed E-state index contributed by atoms with van der Waals surface area (Å²) < 4.78 is 0. The summed E-state index contributed by atoms with van der Waals surface area (Å²) in [6.07, 6.45) is 4.85. The number of aliphatic carboxylic acids is 1. The topological polar surface area (TPSA) is 103 Å². The predicted molar refractivity (Wildman–Crippen MR) is 75.0 cm³/mol. The fraction of sp³-hybridized carbons (Fsp3) is 0.571. The number of hydrogen-bond acceptors (Lipinski definition) is 4. The van der Waals surface area contributed by atoms with Gasteiger partial charge in [-0.3, -0.25) is 14.4 Å². The molecule has 114 valence electrons. The summed E-state index contributed by atoms with van der Waals surface area (Å²) in [4.78, 5) is 42.7. The molecule has 7 nitrogen and oxygen atoms in total. The molecular formula is C14H19N3O4. The molecule has 21 heavy (non-hydrogen) atoms. The molecule has 0 radical (unpaired) electrons. The zero-order chi connectivity index (χ0) is 15.5. The van der Waals surface area contributed by atoms with Gasteiger partial charge in [-0.1, -0.05) is 13.3 Å². The molecule has 2 rings (SSSR count). The maximum absolute atomic E-state index is 12.4. The molecule has 7 heteroatoms. The number of hydrogen-bond donors (Lipinski definition) is 2. The summed E-state index contributed by atoms with van der Waals surface area (Å²) in [7, 11) is 0. The molecule has 0 unspecified atom stereocenters. The van der Waals surface area contributed by atoms with Crippen LogP contribution in [-0.4, -0.2) is 44.9 Å². The highest BCUT2D eigenvalue weighted by Gasteiger charge is 2.43. The highest BCUT2D eigenvalue weighted by atomic mass is 16.4. The summed E-state index contributed by atoms with van der Waals surface area (Å²) >= 11 is 0. The molecule has 0 spiro atoms. The largest absolute Gasteiger partial charge is 0.481 e. The maximum atomic E-state index is 12.4. The number of carbonyl (C=O) groups is 2. The van der Waals surface area contributed by atoms with Crippen molar-refractivity contribution in [3.63, 3.8) is 0 Å². The fourth-order valence-corrected chi connectivity index (χ4v) is 2.89. The van der Waals surface area contributed by atoms with Gasteiger partial charge in [-0.05, 0) is 19.3 Å². The van der Waals surface area contributed by atoms with E-state index in [2.05, 4.69) is 9.97 Å². The van der Waals surface area contributed by atoms with E-state index in [0.29, 0.717) is 25.8 Å². The van der Waals surface area contributed by atoms with E-state index in [1.165, 1.54) is 11.1 Å². The van der Waals surface area contributed by atoms with Crippen LogP contribution in [0, 0.1) is 5.41 Å². The van der Waals surface area contributed by atoms with E-state index in [4.69, 9.17) is 0 Å². The van der Waals surface area contributed by atoms with Crippen molar-refractivity contribution < 1.29 is 14.7 Å². The van der Waals surface area contributed by atoms with Crippen molar-refractivity contribution in [1.82, 2.24) is 14.9 Å². The highest BCUT2D eigenvalue weighted by molar-refractivity contribution is 5.92. The molecule has 1 atom stereocenters. The molecular weight excluding hydrogens is 274 g/mol. The Labute approximate surface area is 122 Å². The first-order valence-electron chi connectivity index (χ1n) is 7.06. The Balaban J connectivity index is 2.20. The predicted octanol–water partition coefficient (Wildman–Crippen LogP) is 0.877. The molecule has 2 N–H and O–H groups in total. The molecule has 1 aliphatic heterocycles. The quantitative estimate of drug-likeness (QED) is 0.857. The van der Waals surface area contributed by atoms with E-state index >= 15 is 0 Å². The summed E-state index contributed by atoms with van der Waals surface area (Å²) in [6, 6.07) is 0. The third kappa shape index (κ3) is 3.12. The van der Waals surface area contributed by atoms with Gasteiger partial charge in [0, 0.05) is 19.3 Å². The van der Waals surface area contributed by atoms with Crippen molar-refractivity contribution in [2.45, 2.75) is 32.6 Å². The lowest BCUT2D eigenvalue weighted by Crippen LogP contribution is -2.50. The second kappa shape index (κ2) is 6.07. The second-order valence-corrected chi connectivity index (χ2v) is 5.46. The van der Waals surface area contributed by atoms with Gasteiger partial charge in [-0.2, -0.15) is 0 Å². The lowest BCUT2D eigenvalue weighted by molar-refractivity contribution is -0.152. The van der Waals surface area contributed by atoms with Crippen molar-refractivity contribution in [1.29, 1.82) is 0 Å². The van der Waals surface area contributed by atoms with Gasteiger partial charge in [0.15, 0.2) is 0 Å². The molecule has 0 saturated carbocycles. The van der Waals surface area contributed by atoms with Crippen molar-refractivity contribution in [2.75, 3.05) is 13.1 Å². The Hall–Kier alpha value is -2.18. The van der Waals surface area contributed by atoms with Crippen LogP contribution >= 0.6 is 0 Å². The zero-order valence-corrected chi connectivity index (χ0v) is 12.0. The number of aromatic nitrogens is 2. The number of aromatic amines is 1. The summed E-state index contributed by atoms with van der Waals surface area (Å²) in [6.45, 7) is 2.64. The number of rotatable bonds is 4. The van der Waals surface area contributed by atoms with E-state index in [0.717, 1.165) is 12.6 Å². The number of carboxylic acid groups (broad SMARTS) is 1. The van der Waals surface area contributed by atoms with E-state index in [-0.39, 0.29) is 23.7 Å². The molecule has 1 aromatic rings. The van der Waals surface area contributed by atoms with Gasteiger partial charge in [0.2, 0.25) is 0 Å². The van der Waals surface area contributed by atoms with Gasteiger partial charge >= 0.3 is 5.97 Å². The molecule has 1 fully saturated rings. The minimum Gasteiger partial charge on any atom is -0.481 e. The molecule has 0 bridgehead atoms. The van der Waals surface area contributed by atoms with Crippen molar-refractivity contribution in [3.05, 3.63) is 28.4 Å². The average Bonchev–Trinajstić information content (AvgIpc) is 2.48. The molecule has 1 aromatic heterocycles. The first kappa shape index (κ1) is 15.2. The number of nitrogens with one attached hydrogen (secondary N) is 1. The van der Waals surface area contributed by atoms with Gasteiger partial charge in [-0.25, -0.2) is 4.98 Å². The van der Waals surface area contributed by atoms with Gasteiger partial charge < -0.3 is 15.0 Å². The summed E-state index contributed by atoms with van der Waals surface area (Å²) in [5.74, 6) is -1.19. The number of nitrogens with zero attached hydrogens (tertiary/aromatic N) is 2. The van der Waals surface area contributed by atoms with Crippen LogP contribution in [0.3, 0.4) is 0 Å². The minimum atomic E-state index is -0.870. The average molecular weight is 293 g/mol. The van der Waals surface area contributed by atoms with Gasteiger partial charge in [-0.15, -0.1) is 0 Å². The van der Waals surface area contributed by atoms with Crippen molar-refractivity contribution in [3.8, 4) is 0 Å². The van der Waals surface area contributed by atoms with E-state index in [1.807, 2.05) is 6.92 Å².